The number of benzene rings is 2. The fourth-order valence-corrected chi connectivity index (χ4v) is 2.65. The van der Waals surface area contributed by atoms with E-state index in [1.807, 2.05) is 0 Å². The van der Waals surface area contributed by atoms with Gasteiger partial charge in [0.15, 0.2) is 0 Å². The Balaban J connectivity index is 1.79. The molecule has 1 atom stereocenters. The van der Waals surface area contributed by atoms with Crippen molar-refractivity contribution in [3.8, 4) is 11.4 Å². The van der Waals surface area contributed by atoms with Gasteiger partial charge in [0.05, 0.1) is 23.6 Å². The first-order chi connectivity index (χ1) is 12.6. The molecule has 3 rings (SSSR count). The van der Waals surface area contributed by atoms with Gasteiger partial charge in [0, 0.05) is 23.1 Å². The molecule has 1 unspecified atom stereocenters. The molecule has 0 aliphatic rings. The molecule has 1 heterocycles. The lowest BCUT2D eigenvalue weighted by atomic mass is 10.0. The van der Waals surface area contributed by atoms with Crippen LogP contribution in [0.15, 0.2) is 42.6 Å². The molecule has 2 N–H and O–H groups in total. The Labute approximate surface area is 155 Å². The molecule has 0 radical (unpaired) electrons. The number of aromatic nitrogens is 3. The number of aliphatic hydroxyl groups is 1. The van der Waals surface area contributed by atoms with E-state index >= 15 is 0 Å². The number of hydrogen-bond acceptors (Lipinski definition) is 4. The first-order valence-corrected chi connectivity index (χ1v) is 7.98. The Bertz CT molecular complexity index is 975. The smallest absolute Gasteiger partial charge is 0.416 e. The third kappa shape index (κ3) is 4.20. The second-order valence-corrected chi connectivity index (χ2v) is 6.18. The van der Waals surface area contributed by atoms with Gasteiger partial charge in [-0.05, 0) is 24.3 Å². The van der Waals surface area contributed by atoms with Crippen LogP contribution in [0.25, 0.3) is 5.69 Å². The highest BCUT2D eigenvalue weighted by molar-refractivity contribution is 6.30. The largest absolute Gasteiger partial charge is 0.506 e. The summed E-state index contributed by atoms with van der Waals surface area (Å²) in [5.74, 6) is -1.31. The van der Waals surface area contributed by atoms with E-state index in [1.165, 1.54) is 29.1 Å². The highest BCUT2D eigenvalue weighted by Gasteiger charge is 2.31. The van der Waals surface area contributed by atoms with E-state index in [9.17, 15) is 27.8 Å². The van der Waals surface area contributed by atoms with Crippen molar-refractivity contribution in [1.82, 2.24) is 15.0 Å². The lowest BCUT2D eigenvalue weighted by molar-refractivity contribution is -0.137. The normalized spacial score (nSPS) is 13.0. The van der Waals surface area contributed by atoms with Gasteiger partial charge < -0.3 is 10.2 Å². The fraction of sp³-hybridized carbons (Fsp3) is 0.176. The van der Waals surface area contributed by atoms with Crippen molar-refractivity contribution in [3.63, 3.8) is 0 Å². The fourth-order valence-electron chi connectivity index (χ4n) is 2.48. The van der Waals surface area contributed by atoms with Crippen LogP contribution in [0, 0.1) is 5.82 Å². The van der Waals surface area contributed by atoms with Gasteiger partial charge in [0.25, 0.3) is 0 Å². The summed E-state index contributed by atoms with van der Waals surface area (Å²) in [6, 6.07) is 6.26. The minimum atomic E-state index is -4.67. The molecule has 1 aromatic heterocycles. The zero-order chi connectivity index (χ0) is 19.8. The predicted octanol–water partition coefficient (Wildman–Crippen LogP) is 4.06. The summed E-state index contributed by atoms with van der Waals surface area (Å²) in [6.07, 6.45) is -4.88. The third-order valence-electron chi connectivity index (χ3n) is 3.81. The van der Waals surface area contributed by atoms with Crippen molar-refractivity contribution in [2.75, 3.05) is 0 Å². The second-order valence-electron chi connectivity index (χ2n) is 5.74. The van der Waals surface area contributed by atoms with Crippen molar-refractivity contribution >= 4 is 11.6 Å². The molecule has 0 spiro atoms. The number of phenols is 1. The quantitative estimate of drug-likeness (QED) is 0.647. The number of nitrogens with zero attached hydrogens (tertiary/aromatic N) is 3. The summed E-state index contributed by atoms with van der Waals surface area (Å²) >= 11 is 5.76. The number of alkyl halides is 3. The van der Waals surface area contributed by atoms with Crippen molar-refractivity contribution in [3.05, 3.63) is 70.3 Å². The zero-order valence-corrected chi connectivity index (χ0v) is 14.2. The third-order valence-corrected chi connectivity index (χ3v) is 4.05. The van der Waals surface area contributed by atoms with E-state index in [0.717, 1.165) is 6.07 Å². The van der Waals surface area contributed by atoms with Crippen LogP contribution in [-0.2, 0) is 12.6 Å². The van der Waals surface area contributed by atoms with Gasteiger partial charge in [-0.3, -0.25) is 0 Å². The van der Waals surface area contributed by atoms with E-state index < -0.39 is 23.7 Å². The maximum Gasteiger partial charge on any atom is 0.416 e. The molecular formula is C17H12ClF4N3O2. The van der Waals surface area contributed by atoms with Crippen LogP contribution in [-0.4, -0.2) is 25.2 Å². The summed E-state index contributed by atoms with van der Waals surface area (Å²) in [6.45, 7) is 0. The molecule has 3 aromatic rings. The molecule has 10 heteroatoms. The summed E-state index contributed by atoms with van der Waals surface area (Å²) in [7, 11) is 0. The Morgan fingerprint density at radius 1 is 1.15 bits per heavy atom. The van der Waals surface area contributed by atoms with Crippen LogP contribution in [0.2, 0.25) is 5.02 Å². The van der Waals surface area contributed by atoms with Crippen LogP contribution in [0.4, 0.5) is 17.6 Å². The summed E-state index contributed by atoms with van der Waals surface area (Å²) in [5.41, 5.74) is -0.892. The first-order valence-electron chi connectivity index (χ1n) is 7.60. The summed E-state index contributed by atoms with van der Waals surface area (Å²) < 4.78 is 53.0. The number of aliphatic hydroxyl groups excluding tert-OH is 1. The Kier molecular flexibility index (Phi) is 5.07. The standard InChI is InChI=1S/C17H12ClF4N3O2/c18-10-2-4-14(16(27)6-10)25-8-11(23-24-25)7-15(26)12-3-1-9(5-13(12)19)17(20,21)22/h1-6,8,15,26-27H,7H2. The molecule has 27 heavy (non-hydrogen) atoms. The van der Waals surface area contributed by atoms with Crippen LogP contribution < -0.4 is 0 Å². The number of aromatic hydroxyl groups is 1. The van der Waals surface area contributed by atoms with E-state index in [4.69, 9.17) is 11.6 Å². The van der Waals surface area contributed by atoms with E-state index in [2.05, 4.69) is 10.3 Å². The number of rotatable bonds is 4. The molecule has 142 valence electrons. The number of phenolic OH excluding ortho intramolecular Hbond substituents is 1. The van der Waals surface area contributed by atoms with Gasteiger partial charge in [0.1, 0.15) is 17.3 Å². The predicted molar refractivity (Wildman–Crippen MR) is 88.1 cm³/mol. The minimum absolute atomic E-state index is 0.145. The first kappa shape index (κ1) is 19.1. The maximum atomic E-state index is 13.9. The maximum absolute atomic E-state index is 13.9. The zero-order valence-electron chi connectivity index (χ0n) is 13.5. The van der Waals surface area contributed by atoms with Gasteiger partial charge >= 0.3 is 6.18 Å². The van der Waals surface area contributed by atoms with Gasteiger partial charge in [0.2, 0.25) is 0 Å². The topological polar surface area (TPSA) is 71.2 Å². The molecule has 0 aliphatic heterocycles. The number of halogens is 5. The average Bonchev–Trinajstić information content (AvgIpc) is 3.01. The lowest BCUT2D eigenvalue weighted by Gasteiger charge is -2.13. The number of hydrogen-bond donors (Lipinski definition) is 2. The lowest BCUT2D eigenvalue weighted by Crippen LogP contribution is -2.09. The van der Waals surface area contributed by atoms with Crippen molar-refractivity contribution in [2.45, 2.75) is 18.7 Å². The molecule has 2 aromatic carbocycles. The van der Waals surface area contributed by atoms with Crippen LogP contribution in [0.3, 0.4) is 0 Å². The Hall–Kier alpha value is -2.65. The minimum Gasteiger partial charge on any atom is -0.506 e. The van der Waals surface area contributed by atoms with E-state index in [1.54, 1.807) is 0 Å². The second kappa shape index (κ2) is 7.16. The van der Waals surface area contributed by atoms with Gasteiger partial charge in [-0.15, -0.1) is 5.10 Å². The molecule has 0 amide bonds. The Morgan fingerprint density at radius 3 is 2.52 bits per heavy atom. The van der Waals surface area contributed by atoms with Crippen LogP contribution >= 0.6 is 11.6 Å². The van der Waals surface area contributed by atoms with Gasteiger partial charge in [-0.25, -0.2) is 9.07 Å². The Morgan fingerprint density at radius 2 is 1.89 bits per heavy atom. The van der Waals surface area contributed by atoms with Crippen molar-refractivity contribution in [1.29, 1.82) is 0 Å². The molecule has 0 saturated carbocycles. The van der Waals surface area contributed by atoms with Crippen molar-refractivity contribution in [2.24, 2.45) is 0 Å². The molecule has 0 aliphatic carbocycles. The van der Waals surface area contributed by atoms with Crippen molar-refractivity contribution < 1.29 is 27.8 Å². The highest BCUT2D eigenvalue weighted by Crippen LogP contribution is 2.32. The van der Waals surface area contributed by atoms with E-state index in [-0.39, 0.29) is 29.1 Å². The van der Waals surface area contributed by atoms with Crippen LogP contribution in [0.5, 0.6) is 5.75 Å². The summed E-state index contributed by atoms with van der Waals surface area (Å²) in [5, 5.41) is 28.0. The molecule has 0 bridgehead atoms. The summed E-state index contributed by atoms with van der Waals surface area (Å²) in [4.78, 5) is 0. The van der Waals surface area contributed by atoms with Gasteiger partial charge in [-0.1, -0.05) is 22.9 Å². The highest BCUT2D eigenvalue weighted by atomic mass is 35.5. The molecular weight excluding hydrogens is 390 g/mol. The SMILES string of the molecule is Oc1cc(Cl)ccc1-n1cc(CC(O)c2ccc(C(F)(F)F)cc2F)nn1. The monoisotopic (exact) mass is 401 g/mol. The average molecular weight is 402 g/mol. The molecule has 0 saturated heterocycles. The van der Waals surface area contributed by atoms with Crippen LogP contribution in [0.1, 0.15) is 22.9 Å². The molecule has 5 nitrogen and oxygen atoms in total. The van der Waals surface area contributed by atoms with Gasteiger partial charge in [-0.2, -0.15) is 13.2 Å². The van der Waals surface area contributed by atoms with E-state index in [0.29, 0.717) is 17.2 Å². The molecule has 0 fully saturated rings.